The number of allylic oxidation sites excluding steroid dienone is 5. The molecule has 1 rings (SSSR count). The number of esters is 1. The third-order valence-corrected chi connectivity index (χ3v) is 16.8. The minimum Gasteiger partial charge on any atom is -0.454 e. The summed E-state index contributed by atoms with van der Waals surface area (Å²) in [7, 11) is 0. The summed E-state index contributed by atoms with van der Waals surface area (Å²) >= 11 is 0. The van der Waals surface area contributed by atoms with Crippen molar-refractivity contribution in [1.29, 1.82) is 0 Å². The first kappa shape index (κ1) is 77.9. The van der Waals surface area contributed by atoms with Gasteiger partial charge in [-0.25, -0.2) is 0 Å². The van der Waals surface area contributed by atoms with Crippen LogP contribution in [-0.4, -0.2) is 99.6 Å². The van der Waals surface area contributed by atoms with Gasteiger partial charge in [-0.3, -0.25) is 9.59 Å². The minimum absolute atomic E-state index is 0.121. The molecule has 0 saturated carbocycles. The lowest BCUT2D eigenvalue weighted by Gasteiger charge is -2.41. The number of carbonyl (C=O) groups excluding carboxylic acids is 2. The highest BCUT2D eigenvalue weighted by atomic mass is 16.7. The average Bonchev–Trinajstić information content (AvgIpc) is 3.44. The molecule has 1 fully saturated rings. The number of aliphatic hydroxyl groups is 5. The van der Waals surface area contributed by atoms with Crippen molar-refractivity contribution in [3.05, 3.63) is 36.5 Å². The van der Waals surface area contributed by atoms with Crippen molar-refractivity contribution in [2.24, 2.45) is 0 Å². The summed E-state index contributed by atoms with van der Waals surface area (Å²) in [5, 5.41) is 57.2. The van der Waals surface area contributed by atoms with Crippen molar-refractivity contribution in [3.8, 4) is 0 Å². The Balaban J connectivity index is 2.54. The number of hydrogen-bond acceptors (Lipinski definition) is 10. The van der Waals surface area contributed by atoms with Crippen LogP contribution in [0.15, 0.2) is 36.5 Å². The van der Waals surface area contributed by atoms with Gasteiger partial charge in [0.2, 0.25) is 5.91 Å². The summed E-state index contributed by atoms with van der Waals surface area (Å²) in [6, 6.07) is -1.02. The zero-order valence-corrected chi connectivity index (χ0v) is 53.6. The summed E-state index contributed by atoms with van der Waals surface area (Å²) in [5.41, 5.74) is 0. The fraction of sp³-hybridized carbons (Fsp3) is 0.887. The van der Waals surface area contributed by atoms with E-state index in [0.717, 1.165) is 70.6 Å². The van der Waals surface area contributed by atoms with Gasteiger partial charge in [0.25, 0.3) is 0 Å². The Bertz CT molecular complexity index is 1470. The second-order valence-electron chi connectivity index (χ2n) is 24.6. The Labute approximate surface area is 504 Å². The fourth-order valence-electron chi connectivity index (χ4n) is 11.2. The predicted molar refractivity (Wildman–Crippen MR) is 343 cm³/mol. The number of aliphatic hydroxyl groups excluding tert-OH is 5. The highest BCUT2D eigenvalue weighted by molar-refractivity contribution is 5.80. The fourth-order valence-corrected chi connectivity index (χ4v) is 11.2. The SMILES string of the molecule is CCCCCC/C=C\CCCCCCCCCC(=O)OC1C(OCC(NC(=O)C(O)CCCCCCCCCCCCCCCCCC/C=C/CCCCCCCC)C(O)/C=C/CCCCCCCCCCCC)OC(CO)C(O)C1O. The highest BCUT2D eigenvalue weighted by Gasteiger charge is 2.47. The van der Waals surface area contributed by atoms with Crippen LogP contribution >= 0.6 is 0 Å². The topological polar surface area (TPSA) is 175 Å². The van der Waals surface area contributed by atoms with E-state index in [0.29, 0.717) is 19.3 Å². The Hall–Kier alpha value is -2.12. The molecule has 8 unspecified atom stereocenters. The maximum Gasteiger partial charge on any atom is 0.306 e. The molecule has 1 heterocycles. The van der Waals surface area contributed by atoms with Gasteiger partial charge in [-0.2, -0.15) is 0 Å². The van der Waals surface area contributed by atoms with Crippen molar-refractivity contribution in [2.75, 3.05) is 13.2 Å². The molecule has 11 nitrogen and oxygen atoms in total. The van der Waals surface area contributed by atoms with Gasteiger partial charge in [-0.05, 0) is 77.0 Å². The largest absolute Gasteiger partial charge is 0.454 e. The molecule has 0 aliphatic carbocycles. The number of unbranched alkanes of at least 4 members (excludes halogenated alkanes) is 43. The van der Waals surface area contributed by atoms with Crippen LogP contribution in [0, 0.1) is 0 Å². The van der Waals surface area contributed by atoms with Gasteiger partial charge < -0.3 is 45.1 Å². The normalized spacial score (nSPS) is 18.8. The molecule has 82 heavy (non-hydrogen) atoms. The van der Waals surface area contributed by atoms with E-state index in [-0.39, 0.29) is 13.0 Å². The molecule has 0 aromatic heterocycles. The Morgan fingerprint density at radius 1 is 0.463 bits per heavy atom. The predicted octanol–water partition coefficient (Wildman–Crippen LogP) is 17.8. The van der Waals surface area contributed by atoms with Crippen LogP contribution in [0.4, 0.5) is 0 Å². The Kier molecular flexibility index (Phi) is 56.3. The van der Waals surface area contributed by atoms with Crippen LogP contribution in [0.2, 0.25) is 0 Å². The van der Waals surface area contributed by atoms with E-state index in [1.54, 1.807) is 6.08 Å². The second-order valence-corrected chi connectivity index (χ2v) is 24.6. The van der Waals surface area contributed by atoms with E-state index in [9.17, 15) is 35.1 Å². The molecule has 0 bridgehead atoms. The van der Waals surface area contributed by atoms with E-state index >= 15 is 0 Å². The van der Waals surface area contributed by atoms with Gasteiger partial charge in [0, 0.05) is 6.42 Å². The van der Waals surface area contributed by atoms with Crippen LogP contribution in [-0.2, 0) is 23.8 Å². The molecule has 0 spiro atoms. The maximum atomic E-state index is 13.5. The number of hydrogen-bond donors (Lipinski definition) is 6. The van der Waals surface area contributed by atoms with Crippen LogP contribution in [0.3, 0.4) is 0 Å². The van der Waals surface area contributed by atoms with Crippen LogP contribution in [0.5, 0.6) is 0 Å². The summed E-state index contributed by atoms with van der Waals surface area (Å²) in [6.45, 7) is 5.81. The van der Waals surface area contributed by atoms with Crippen molar-refractivity contribution < 1.29 is 49.3 Å². The minimum atomic E-state index is -1.61. The Morgan fingerprint density at radius 3 is 1.20 bits per heavy atom. The molecule has 1 amide bonds. The quantitative estimate of drug-likeness (QED) is 0.0195. The molecule has 0 aromatic carbocycles. The number of rotatable bonds is 61. The average molecular weight is 1160 g/mol. The van der Waals surface area contributed by atoms with Crippen molar-refractivity contribution in [3.63, 3.8) is 0 Å². The van der Waals surface area contributed by atoms with Crippen molar-refractivity contribution >= 4 is 11.9 Å². The van der Waals surface area contributed by atoms with Gasteiger partial charge in [-0.15, -0.1) is 0 Å². The maximum absolute atomic E-state index is 13.5. The monoisotopic (exact) mass is 1160 g/mol. The molecule has 1 saturated heterocycles. The summed E-state index contributed by atoms with van der Waals surface area (Å²) < 4.78 is 17.7. The van der Waals surface area contributed by atoms with Crippen LogP contribution in [0.1, 0.15) is 342 Å². The lowest BCUT2D eigenvalue weighted by atomic mass is 9.99. The standard InChI is InChI=1S/C71H133NO10/c1-4-7-10-13-16-19-22-25-27-28-29-30-31-32-33-34-35-36-37-39-40-43-46-49-52-55-58-64(75)70(79)72-62(63(74)57-54-51-48-45-42-24-21-18-15-12-9-6-3)61-80-71-69(68(78)67(77)65(60-73)81-71)82-66(76)59-56-53-50-47-44-41-38-26-23-20-17-14-11-8-5-2/h20,23,25,27,54,57,62-65,67-69,71,73-75,77-78H,4-19,21-22,24,26,28-53,55-56,58-61H2,1-3H3,(H,72,79)/b23-20-,27-25+,57-54+. The number of nitrogens with one attached hydrogen (secondary N) is 1. The molecular weight excluding hydrogens is 1030 g/mol. The number of amides is 1. The molecule has 0 aromatic rings. The molecule has 1 aliphatic rings. The lowest BCUT2D eigenvalue weighted by molar-refractivity contribution is -0.305. The summed E-state index contributed by atoms with van der Waals surface area (Å²) in [4.78, 5) is 26.6. The van der Waals surface area contributed by atoms with E-state index in [4.69, 9.17) is 14.2 Å². The third-order valence-electron chi connectivity index (χ3n) is 16.8. The van der Waals surface area contributed by atoms with E-state index < -0.39 is 67.4 Å². The molecular formula is C71H133NO10. The van der Waals surface area contributed by atoms with Crippen molar-refractivity contribution in [1.82, 2.24) is 5.32 Å². The van der Waals surface area contributed by atoms with Gasteiger partial charge in [0.15, 0.2) is 12.4 Å². The van der Waals surface area contributed by atoms with Crippen molar-refractivity contribution in [2.45, 2.75) is 391 Å². The molecule has 6 N–H and O–H groups in total. The van der Waals surface area contributed by atoms with Gasteiger partial charge in [0.05, 0.1) is 25.4 Å². The first-order valence-corrected chi connectivity index (χ1v) is 35.3. The Morgan fingerprint density at radius 2 is 0.805 bits per heavy atom. The second kappa shape index (κ2) is 59.2. The lowest BCUT2D eigenvalue weighted by Crippen LogP contribution is -2.61. The van der Waals surface area contributed by atoms with Gasteiger partial charge in [-0.1, -0.05) is 295 Å². The molecule has 1 aliphatic heterocycles. The van der Waals surface area contributed by atoms with Crippen LogP contribution < -0.4 is 5.32 Å². The molecule has 8 atom stereocenters. The highest BCUT2D eigenvalue weighted by Crippen LogP contribution is 2.26. The van der Waals surface area contributed by atoms with E-state index in [2.05, 4.69) is 50.4 Å². The first-order chi connectivity index (χ1) is 40.2. The third kappa shape index (κ3) is 46.1. The molecule has 11 heteroatoms. The van der Waals surface area contributed by atoms with E-state index in [1.165, 1.54) is 225 Å². The van der Waals surface area contributed by atoms with E-state index in [1.807, 2.05) is 6.08 Å². The molecule has 482 valence electrons. The van der Waals surface area contributed by atoms with Crippen LogP contribution in [0.25, 0.3) is 0 Å². The first-order valence-electron chi connectivity index (χ1n) is 35.3. The van der Waals surface area contributed by atoms with Gasteiger partial charge >= 0.3 is 5.97 Å². The summed E-state index contributed by atoms with van der Waals surface area (Å²) in [6.07, 6.45) is 62.0. The molecule has 0 radical (unpaired) electrons. The zero-order valence-electron chi connectivity index (χ0n) is 53.6. The summed E-state index contributed by atoms with van der Waals surface area (Å²) in [5.74, 6) is -1.19. The van der Waals surface area contributed by atoms with Gasteiger partial charge in [0.1, 0.15) is 24.4 Å². The zero-order chi connectivity index (χ0) is 59.6. The smallest absolute Gasteiger partial charge is 0.306 e. The number of ether oxygens (including phenoxy) is 3. The number of carbonyl (C=O) groups is 2.